The molecule has 0 saturated heterocycles. The van der Waals surface area contributed by atoms with Gasteiger partial charge in [0.25, 0.3) is 5.56 Å². The number of anilines is 2. The maximum atomic E-state index is 12.6. The molecule has 0 bridgehead atoms. The van der Waals surface area contributed by atoms with E-state index in [4.69, 9.17) is 4.98 Å². The van der Waals surface area contributed by atoms with Gasteiger partial charge in [0.15, 0.2) is 0 Å². The van der Waals surface area contributed by atoms with Gasteiger partial charge in [-0.2, -0.15) is 0 Å². The normalized spacial score (nSPS) is 13.1. The van der Waals surface area contributed by atoms with Crippen molar-refractivity contribution in [3.63, 3.8) is 0 Å². The van der Waals surface area contributed by atoms with Crippen LogP contribution >= 0.6 is 0 Å². The van der Waals surface area contributed by atoms with Gasteiger partial charge in [0.1, 0.15) is 17.0 Å². The molecule has 0 radical (unpaired) electrons. The van der Waals surface area contributed by atoms with E-state index in [1.54, 1.807) is 13.4 Å². The van der Waals surface area contributed by atoms with Gasteiger partial charge in [-0.1, -0.05) is 0 Å². The molecule has 3 aromatic rings. The summed E-state index contributed by atoms with van der Waals surface area (Å²) in [5.74, 6) is 1.51. The van der Waals surface area contributed by atoms with Crippen LogP contribution in [0.25, 0.3) is 22.2 Å². The van der Waals surface area contributed by atoms with Crippen LogP contribution in [0.15, 0.2) is 29.5 Å². The van der Waals surface area contributed by atoms with Gasteiger partial charge in [0.05, 0.1) is 17.5 Å². The zero-order valence-electron chi connectivity index (χ0n) is 14.5. The van der Waals surface area contributed by atoms with Crippen molar-refractivity contribution in [2.45, 2.75) is 26.3 Å². The van der Waals surface area contributed by atoms with E-state index in [9.17, 15) is 4.79 Å². The molecule has 4 heterocycles. The fraction of sp³-hybridized carbons (Fsp3) is 0.333. The Bertz CT molecular complexity index is 1020. The summed E-state index contributed by atoms with van der Waals surface area (Å²) < 4.78 is 1.47. The second kappa shape index (κ2) is 5.84. The van der Waals surface area contributed by atoms with E-state index in [1.807, 2.05) is 26.1 Å². The first-order chi connectivity index (χ1) is 12.0. The SMILES string of the molecule is CC(C)Nc1nc(-c2cnc3c(c2)CCN3)cc2ncn(C)c(=O)c12. The summed E-state index contributed by atoms with van der Waals surface area (Å²) in [5.41, 5.74) is 3.41. The Hall–Kier alpha value is -2.96. The van der Waals surface area contributed by atoms with Gasteiger partial charge in [-0.25, -0.2) is 15.0 Å². The topological polar surface area (TPSA) is 84.7 Å². The summed E-state index contributed by atoms with van der Waals surface area (Å²) in [6.07, 6.45) is 4.31. The molecule has 0 aliphatic carbocycles. The van der Waals surface area contributed by atoms with E-state index < -0.39 is 0 Å². The summed E-state index contributed by atoms with van der Waals surface area (Å²) in [4.78, 5) is 26.2. The van der Waals surface area contributed by atoms with Crippen LogP contribution in [-0.2, 0) is 13.5 Å². The summed E-state index contributed by atoms with van der Waals surface area (Å²) in [6, 6.07) is 4.11. The molecule has 4 rings (SSSR count). The maximum absolute atomic E-state index is 12.6. The molecule has 0 spiro atoms. The molecule has 1 aliphatic rings. The standard InChI is InChI=1S/C18H20N6O/c1-10(2)22-17-15-14(21-9-24(3)18(15)25)7-13(23-17)12-6-11-4-5-19-16(11)20-8-12/h6-10H,4-5H2,1-3H3,(H,19,20)(H,22,23). The Morgan fingerprint density at radius 2 is 2.12 bits per heavy atom. The predicted molar refractivity (Wildman–Crippen MR) is 99.0 cm³/mol. The number of aromatic nitrogens is 4. The van der Waals surface area contributed by atoms with E-state index in [-0.39, 0.29) is 11.6 Å². The van der Waals surface area contributed by atoms with Crippen LogP contribution in [0.5, 0.6) is 0 Å². The van der Waals surface area contributed by atoms with Gasteiger partial charge in [0.2, 0.25) is 0 Å². The van der Waals surface area contributed by atoms with Crippen LogP contribution in [0.1, 0.15) is 19.4 Å². The first-order valence-corrected chi connectivity index (χ1v) is 8.39. The number of aryl methyl sites for hydroxylation is 1. The van der Waals surface area contributed by atoms with Gasteiger partial charge in [-0.15, -0.1) is 0 Å². The minimum atomic E-state index is -0.108. The summed E-state index contributed by atoms with van der Waals surface area (Å²) in [6.45, 7) is 4.95. The maximum Gasteiger partial charge on any atom is 0.264 e. The second-order valence-electron chi connectivity index (χ2n) is 6.62. The third-order valence-electron chi connectivity index (χ3n) is 4.28. The smallest absolute Gasteiger partial charge is 0.264 e. The highest BCUT2D eigenvalue weighted by atomic mass is 16.1. The van der Waals surface area contributed by atoms with Crippen LogP contribution in [0, 0.1) is 0 Å². The lowest BCUT2D eigenvalue weighted by Gasteiger charge is -2.14. The second-order valence-corrected chi connectivity index (χ2v) is 6.62. The van der Waals surface area contributed by atoms with Crippen LogP contribution in [0.2, 0.25) is 0 Å². The van der Waals surface area contributed by atoms with Gasteiger partial charge < -0.3 is 15.2 Å². The predicted octanol–water partition coefficient (Wildman–Crippen LogP) is 2.18. The lowest BCUT2D eigenvalue weighted by Crippen LogP contribution is -2.21. The average Bonchev–Trinajstić information content (AvgIpc) is 3.05. The van der Waals surface area contributed by atoms with Crippen molar-refractivity contribution in [2.75, 3.05) is 17.2 Å². The Kier molecular flexibility index (Phi) is 3.63. The average molecular weight is 336 g/mol. The Labute approximate surface area is 145 Å². The highest BCUT2D eigenvalue weighted by Gasteiger charge is 2.16. The lowest BCUT2D eigenvalue weighted by molar-refractivity contribution is 0.839. The van der Waals surface area contributed by atoms with Crippen LogP contribution in [0.3, 0.4) is 0 Å². The van der Waals surface area contributed by atoms with Gasteiger partial charge in [0, 0.05) is 31.4 Å². The molecule has 0 atom stereocenters. The number of nitrogens with one attached hydrogen (secondary N) is 2. The van der Waals surface area contributed by atoms with E-state index in [0.717, 1.165) is 30.0 Å². The molecule has 0 saturated carbocycles. The number of hydrogen-bond donors (Lipinski definition) is 2. The van der Waals surface area contributed by atoms with Crippen molar-refractivity contribution in [1.82, 2.24) is 19.5 Å². The van der Waals surface area contributed by atoms with Gasteiger partial charge in [-0.3, -0.25) is 4.79 Å². The monoisotopic (exact) mass is 336 g/mol. The Morgan fingerprint density at radius 1 is 1.28 bits per heavy atom. The molecule has 0 unspecified atom stereocenters. The number of hydrogen-bond acceptors (Lipinski definition) is 6. The fourth-order valence-electron chi connectivity index (χ4n) is 3.06. The Morgan fingerprint density at radius 3 is 2.92 bits per heavy atom. The number of fused-ring (bicyclic) bond motifs is 2. The zero-order valence-corrected chi connectivity index (χ0v) is 14.5. The minimum absolute atomic E-state index is 0.108. The highest BCUT2D eigenvalue weighted by molar-refractivity contribution is 5.91. The largest absolute Gasteiger partial charge is 0.370 e. The van der Waals surface area contributed by atoms with Crippen molar-refractivity contribution in [2.24, 2.45) is 7.05 Å². The first-order valence-electron chi connectivity index (χ1n) is 8.39. The van der Waals surface area contributed by atoms with Crippen molar-refractivity contribution < 1.29 is 0 Å². The van der Waals surface area contributed by atoms with E-state index in [2.05, 4.69) is 26.7 Å². The number of pyridine rings is 2. The van der Waals surface area contributed by atoms with Crippen molar-refractivity contribution in [3.05, 3.63) is 40.6 Å². The third-order valence-corrected chi connectivity index (χ3v) is 4.28. The summed E-state index contributed by atoms with van der Waals surface area (Å²) in [5, 5.41) is 7.05. The molecule has 0 aromatic carbocycles. The van der Waals surface area contributed by atoms with Crippen molar-refractivity contribution >= 4 is 22.5 Å². The molecule has 0 amide bonds. The summed E-state index contributed by atoms with van der Waals surface area (Å²) >= 11 is 0. The Balaban J connectivity index is 1.93. The van der Waals surface area contributed by atoms with E-state index in [1.165, 1.54) is 10.1 Å². The third kappa shape index (κ3) is 2.71. The molecule has 128 valence electrons. The van der Waals surface area contributed by atoms with Crippen molar-refractivity contribution in [3.8, 4) is 11.3 Å². The molecule has 25 heavy (non-hydrogen) atoms. The van der Waals surface area contributed by atoms with E-state index in [0.29, 0.717) is 16.7 Å². The number of rotatable bonds is 3. The molecule has 7 nitrogen and oxygen atoms in total. The first kappa shape index (κ1) is 15.6. The van der Waals surface area contributed by atoms with Crippen LogP contribution in [0.4, 0.5) is 11.6 Å². The molecule has 2 N–H and O–H groups in total. The molecular weight excluding hydrogens is 316 g/mol. The zero-order chi connectivity index (χ0) is 17.6. The van der Waals surface area contributed by atoms with Gasteiger partial charge >= 0.3 is 0 Å². The van der Waals surface area contributed by atoms with Crippen molar-refractivity contribution in [1.29, 1.82) is 0 Å². The van der Waals surface area contributed by atoms with Gasteiger partial charge in [-0.05, 0) is 38.0 Å². The van der Waals surface area contributed by atoms with Crippen LogP contribution < -0.4 is 16.2 Å². The van der Waals surface area contributed by atoms with Crippen LogP contribution in [-0.4, -0.2) is 32.1 Å². The molecule has 0 fully saturated rings. The molecule has 1 aliphatic heterocycles. The molecular formula is C18H20N6O. The summed E-state index contributed by atoms with van der Waals surface area (Å²) in [7, 11) is 1.69. The quantitative estimate of drug-likeness (QED) is 0.762. The molecule has 7 heteroatoms. The highest BCUT2D eigenvalue weighted by Crippen LogP contribution is 2.28. The minimum Gasteiger partial charge on any atom is -0.370 e. The number of nitrogens with zero attached hydrogens (tertiary/aromatic N) is 4. The fourth-order valence-corrected chi connectivity index (χ4v) is 3.06. The molecule has 3 aromatic heterocycles. The van der Waals surface area contributed by atoms with E-state index >= 15 is 0 Å². The lowest BCUT2D eigenvalue weighted by atomic mass is 10.1.